The minimum atomic E-state index is -0.974. The van der Waals surface area contributed by atoms with Crippen LogP contribution in [0, 0.1) is 0 Å². The van der Waals surface area contributed by atoms with Gasteiger partial charge in [-0.2, -0.15) is 0 Å². The number of esters is 1. The zero-order valence-electron chi connectivity index (χ0n) is 11.8. The van der Waals surface area contributed by atoms with Gasteiger partial charge in [0.1, 0.15) is 17.6 Å². The smallest absolute Gasteiger partial charge is 0.342 e. The van der Waals surface area contributed by atoms with E-state index in [0.717, 1.165) is 16.9 Å². The molecule has 0 aromatic heterocycles. The van der Waals surface area contributed by atoms with Crippen molar-refractivity contribution in [3.05, 3.63) is 65.2 Å². The van der Waals surface area contributed by atoms with E-state index in [-0.39, 0.29) is 0 Å². The molecule has 1 atom stereocenters. The molecule has 4 nitrogen and oxygen atoms in total. The first-order valence-electron chi connectivity index (χ1n) is 7.20. The van der Waals surface area contributed by atoms with Gasteiger partial charge in [-0.1, -0.05) is 36.4 Å². The monoisotopic (exact) mass is 294 g/mol. The van der Waals surface area contributed by atoms with Crippen molar-refractivity contribution in [3.63, 3.8) is 0 Å². The SMILES string of the molecule is O=C1Oc2ccccc2C(O)C1=C1CCOc2ccccc21. The number of hydrogen-bond acceptors (Lipinski definition) is 4. The van der Waals surface area contributed by atoms with E-state index in [2.05, 4.69) is 0 Å². The van der Waals surface area contributed by atoms with Gasteiger partial charge in [0.15, 0.2) is 0 Å². The molecular formula is C18H14O4. The molecule has 4 rings (SSSR count). The van der Waals surface area contributed by atoms with E-state index in [1.807, 2.05) is 30.3 Å². The lowest BCUT2D eigenvalue weighted by molar-refractivity contribution is -0.132. The number of ether oxygens (including phenoxy) is 2. The maximum atomic E-state index is 12.4. The van der Waals surface area contributed by atoms with Gasteiger partial charge < -0.3 is 14.6 Å². The Bertz CT molecular complexity index is 791. The number of aliphatic hydroxyl groups is 1. The van der Waals surface area contributed by atoms with E-state index in [9.17, 15) is 9.90 Å². The molecular weight excluding hydrogens is 280 g/mol. The zero-order chi connectivity index (χ0) is 15.1. The second kappa shape index (κ2) is 5.00. The second-order valence-electron chi connectivity index (χ2n) is 5.32. The Morgan fingerprint density at radius 3 is 2.59 bits per heavy atom. The van der Waals surface area contributed by atoms with Crippen LogP contribution in [-0.4, -0.2) is 17.7 Å². The van der Waals surface area contributed by atoms with Crippen LogP contribution in [0.25, 0.3) is 5.57 Å². The Labute approximate surface area is 127 Å². The molecule has 0 fully saturated rings. The van der Waals surface area contributed by atoms with Gasteiger partial charge in [0.2, 0.25) is 0 Å². The molecule has 1 N–H and O–H groups in total. The third kappa shape index (κ3) is 1.92. The number of carbonyl (C=O) groups excluding carboxylic acids is 1. The molecule has 0 saturated carbocycles. The lowest BCUT2D eigenvalue weighted by Gasteiger charge is -2.28. The van der Waals surface area contributed by atoms with Crippen molar-refractivity contribution in [2.45, 2.75) is 12.5 Å². The number of hydrogen-bond donors (Lipinski definition) is 1. The summed E-state index contributed by atoms with van der Waals surface area (Å²) in [6, 6.07) is 14.6. The lowest BCUT2D eigenvalue weighted by atomic mass is 9.88. The van der Waals surface area contributed by atoms with Gasteiger partial charge in [0.25, 0.3) is 0 Å². The average Bonchev–Trinajstić information content (AvgIpc) is 2.55. The highest BCUT2D eigenvalue weighted by Gasteiger charge is 2.35. The van der Waals surface area contributed by atoms with Crippen molar-refractivity contribution in [3.8, 4) is 11.5 Å². The number of benzene rings is 2. The normalized spacial score (nSPS) is 23.1. The molecule has 0 bridgehead atoms. The van der Waals surface area contributed by atoms with Crippen LogP contribution >= 0.6 is 0 Å². The van der Waals surface area contributed by atoms with Crippen LogP contribution in [0.1, 0.15) is 23.7 Å². The molecule has 1 unspecified atom stereocenters. The molecule has 0 saturated heterocycles. The third-order valence-corrected chi connectivity index (χ3v) is 4.06. The molecule has 2 aliphatic rings. The van der Waals surface area contributed by atoms with E-state index < -0.39 is 12.1 Å². The van der Waals surface area contributed by atoms with Crippen LogP contribution in [0.4, 0.5) is 0 Å². The predicted molar refractivity (Wildman–Crippen MR) is 80.5 cm³/mol. The average molecular weight is 294 g/mol. The lowest BCUT2D eigenvalue weighted by Crippen LogP contribution is -2.26. The first kappa shape index (κ1) is 13.1. The van der Waals surface area contributed by atoms with E-state index >= 15 is 0 Å². The van der Waals surface area contributed by atoms with E-state index in [1.54, 1.807) is 18.2 Å². The van der Waals surface area contributed by atoms with E-state index in [4.69, 9.17) is 9.47 Å². The summed E-state index contributed by atoms with van der Waals surface area (Å²) in [6.07, 6.45) is -0.403. The first-order valence-corrected chi connectivity index (χ1v) is 7.20. The van der Waals surface area contributed by atoms with Gasteiger partial charge in [-0.25, -0.2) is 4.79 Å². The van der Waals surface area contributed by atoms with Gasteiger partial charge in [-0.15, -0.1) is 0 Å². The summed E-state index contributed by atoms with van der Waals surface area (Å²) in [5, 5.41) is 10.7. The molecule has 0 amide bonds. The molecule has 22 heavy (non-hydrogen) atoms. The molecule has 2 aromatic rings. The largest absolute Gasteiger partial charge is 0.493 e. The molecule has 4 heteroatoms. The molecule has 0 spiro atoms. The van der Waals surface area contributed by atoms with Crippen LogP contribution in [0.5, 0.6) is 11.5 Å². The van der Waals surface area contributed by atoms with Crippen molar-refractivity contribution in [1.29, 1.82) is 0 Å². The number of rotatable bonds is 0. The molecule has 2 aromatic carbocycles. The van der Waals surface area contributed by atoms with Gasteiger partial charge >= 0.3 is 5.97 Å². The molecule has 0 radical (unpaired) electrons. The zero-order valence-corrected chi connectivity index (χ0v) is 11.8. The Morgan fingerprint density at radius 1 is 1.00 bits per heavy atom. The highest BCUT2D eigenvalue weighted by Crippen LogP contribution is 2.43. The van der Waals surface area contributed by atoms with Crippen LogP contribution in [0.15, 0.2) is 54.1 Å². The Hall–Kier alpha value is -2.59. The summed E-state index contributed by atoms with van der Waals surface area (Å²) >= 11 is 0. The third-order valence-electron chi connectivity index (χ3n) is 4.06. The summed E-state index contributed by atoms with van der Waals surface area (Å²) in [5.41, 5.74) is 2.58. The maximum Gasteiger partial charge on any atom is 0.342 e. The number of aliphatic hydroxyl groups excluding tert-OH is 1. The van der Waals surface area contributed by atoms with Crippen molar-refractivity contribution in [1.82, 2.24) is 0 Å². The van der Waals surface area contributed by atoms with Crippen molar-refractivity contribution < 1.29 is 19.4 Å². The minimum absolute atomic E-state index is 0.314. The highest BCUT2D eigenvalue weighted by molar-refractivity contribution is 6.02. The minimum Gasteiger partial charge on any atom is -0.493 e. The summed E-state index contributed by atoms with van der Waals surface area (Å²) in [4.78, 5) is 12.4. The highest BCUT2D eigenvalue weighted by atomic mass is 16.5. The van der Waals surface area contributed by atoms with Crippen LogP contribution in [0.3, 0.4) is 0 Å². The fourth-order valence-electron chi connectivity index (χ4n) is 3.03. The van der Waals surface area contributed by atoms with Gasteiger partial charge in [-0.3, -0.25) is 0 Å². The Balaban J connectivity index is 1.91. The molecule has 110 valence electrons. The summed E-state index contributed by atoms with van der Waals surface area (Å²) in [7, 11) is 0. The molecule has 2 aliphatic heterocycles. The maximum absolute atomic E-state index is 12.4. The van der Waals surface area contributed by atoms with Gasteiger partial charge in [0.05, 0.1) is 12.2 Å². The van der Waals surface area contributed by atoms with Crippen molar-refractivity contribution in [2.75, 3.05) is 6.61 Å². The number of para-hydroxylation sites is 2. The number of fused-ring (bicyclic) bond motifs is 2. The second-order valence-corrected chi connectivity index (χ2v) is 5.32. The van der Waals surface area contributed by atoms with Crippen LogP contribution < -0.4 is 9.47 Å². The summed E-state index contributed by atoms with van der Waals surface area (Å²) in [5.74, 6) is 0.665. The fraction of sp³-hybridized carbons (Fsp3) is 0.167. The van der Waals surface area contributed by atoms with E-state index in [0.29, 0.717) is 29.9 Å². The van der Waals surface area contributed by atoms with Gasteiger partial charge in [0, 0.05) is 17.5 Å². The van der Waals surface area contributed by atoms with Gasteiger partial charge in [-0.05, 0) is 17.7 Å². The number of carbonyl (C=O) groups is 1. The predicted octanol–water partition coefficient (Wildman–Crippen LogP) is 2.88. The van der Waals surface area contributed by atoms with E-state index in [1.165, 1.54) is 0 Å². The fourth-order valence-corrected chi connectivity index (χ4v) is 3.03. The van der Waals surface area contributed by atoms with Crippen molar-refractivity contribution in [2.24, 2.45) is 0 Å². The first-order chi connectivity index (χ1) is 10.8. The standard InChI is InChI=1S/C18H14O4/c19-17-13-6-2-4-8-15(13)22-18(20)16(17)12-9-10-21-14-7-3-1-5-11(12)14/h1-8,17,19H,9-10H2. The Kier molecular flexibility index (Phi) is 2.98. The Morgan fingerprint density at radius 2 is 1.73 bits per heavy atom. The van der Waals surface area contributed by atoms with Crippen LogP contribution in [-0.2, 0) is 4.79 Å². The molecule has 0 aliphatic carbocycles. The van der Waals surface area contributed by atoms with Crippen molar-refractivity contribution >= 4 is 11.5 Å². The molecule has 2 heterocycles. The summed E-state index contributed by atoms with van der Waals surface area (Å²) < 4.78 is 11.0. The quantitative estimate of drug-likeness (QED) is 0.461. The van der Waals surface area contributed by atoms with Crippen LogP contribution in [0.2, 0.25) is 0 Å². The summed E-state index contributed by atoms with van der Waals surface area (Å²) in [6.45, 7) is 0.484. The topological polar surface area (TPSA) is 55.8 Å².